The first-order chi connectivity index (χ1) is 21.5. The Morgan fingerprint density at radius 3 is 2.04 bits per heavy atom. The van der Waals surface area contributed by atoms with Crippen molar-refractivity contribution >= 4 is 50.7 Å². The van der Waals surface area contributed by atoms with E-state index in [1.165, 1.54) is 23.1 Å². The second kappa shape index (κ2) is 15.4. The molecule has 4 rings (SSSR count). The van der Waals surface area contributed by atoms with Crippen LogP contribution in [0.5, 0.6) is 0 Å². The quantitative estimate of drug-likeness (QED) is 0.168. The van der Waals surface area contributed by atoms with Gasteiger partial charge in [-0.3, -0.25) is 13.9 Å². The summed E-state index contributed by atoms with van der Waals surface area (Å²) in [5.41, 5.74) is 2.75. The Balaban J connectivity index is 1.82. The van der Waals surface area contributed by atoms with Gasteiger partial charge in [0, 0.05) is 19.5 Å². The van der Waals surface area contributed by atoms with Crippen molar-refractivity contribution < 1.29 is 18.0 Å². The van der Waals surface area contributed by atoms with Crippen LogP contribution in [0.4, 0.5) is 5.69 Å². The van der Waals surface area contributed by atoms with Gasteiger partial charge < -0.3 is 10.2 Å². The number of amides is 2. The molecule has 0 saturated carbocycles. The van der Waals surface area contributed by atoms with E-state index in [-0.39, 0.29) is 45.4 Å². The third-order valence-electron chi connectivity index (χ3n) is 7.24. The van der Waals surface area contributed by atoms with Crippen LogP contribution >= 0.6 is 23.2 Å². The first-order valence-corrected chi connectivity index (χ1v) is 16.9. The van der Waals surface area contributed by atoms with Gasteiger partial charge in [0.25, 0.3) is 10.0 Å². The Hall–Kier alpha value is -3.85. The van der Waals surface area contributed by atoms with Crippen molar-refractivity contribution in [1.82, 2.24) is 10.2 Å². The molecule has 2 amide bonds. The van der Waals surface area contributed by atoms with E-state index in [1.807, 2.05) is 75.4 Å². The van der Waals surface area contributed by atoms with Gasteiger partial charge in [-0.05, 0) is 48.2 Å². The van der Waals surface area contributed by atoms with Crippen LogP contribution in [0.2, 0.25) is 10.0 Å². The van der Waals surface area contributed by atoms with Gasteiger partial charge in [-0.25, -0.2) is 8.42 Å². The molecule has 0 aliphatic heterocycles. The zero-order valence-electron chi connectivity index (χ0n) is 25.5. The number of halogens is 2. The summed E-state index contributed by atoms with van der Waals surface area (Å²) in [6.07, 6.45) is 0.228. The number of carbonyl (C=O) groups excluding carboxylic acids is 2. The van der Waals surface area contributed by atoms with Gasteiger partial charge >= 0.3 is 0 Å². The van der Waals surface area contributed by atoms with Crippen LogP contribution in [0, 0.1) is 12.8 Å². The van der Waals surface area contributed by atoms with Gasteiger partial charge in [-0.2, -0.15) is 0 Å². The third kappa shape index (κ3) is 8.87. The minimum absolute atomic E-state index is 0.00734. The lowest BCUT2D eigenvalue weighted by atomic mass is 10.0. The number of carbonyl (C=O) groups is 2. The van der Waals surface area contributed by atoms with Gasteiger partial charge in [0.2, 0.25) is 11.8 Å². The van der Waals surface area contributed by atoms with Gasteiger partial charge in [0.1, 0.15) is 12.6 Å². The number of nitrogens with one attached hydrogen (secondary N) is 1. The molecule has 1 N–H and O–H groups in total. The van der Waals surface area contributed by atoms with E-state index >= 15 is 0 Å². The number of benzene rings is 4. The smallest absolute Gasteiger partial charge is 0.264 e. The highest BCUT2D eigenvalue weighted by Gasteiger charge is 2.35. The molecule has 4 aromatic rings. The highest BCUT2D eigenvalue weighted by Crippen LogP contribution is 2.35. The van der Waals surface area contributed by atoms with E-state index in [9.17, 15) is 18.0 Å². The number of aryl methyl sites for hydroxylation is 1. The fourth-order valence-corrected chi connectivity index (χ4v) is 6.68. The third-order valence-corrected chi connectivity index (χ3v) is 9.82. The van der Waals surface area contributed by atoms with Gasteiger partial charge in [0.05, 0.1) is 20.6 Å². The Morgan fingerprint density at radius 2 is 1.42 bits per heavy atom. The minimum Gasteiger partial charge on any atom is -0.354 e. The molecule has 4 aromatic carbocycles. The zero-order chi connectivity index (χ0) is 32.6. The fourth-order valence-electron chi connectivity index (χ4n) is 4.78. The predicted octanol–water partition coefficient (Wildman–Crippen LogP) is 6.91. The maximum absolute atomic E-state index is 14.5. The molecule has 0 radical (unpaired) electrons. The Labute approximate surface area is 275 Å². The summed E-state index contributed by atoms with van der Waals surface area (Å²) >= 11 is 12.9. The molecular formula is C35H37Cl2N3O4S. The summed E-state index contributed by atoms with van der Waals surface area (Å²) in [6.45, 7) is 5.82. The molecule has 10 heteroatoms. The number of hydrogen-bond donors (Lipinski definition) is 1. The molecule has 45 heavy (non-hydrogen) atoms. The topological polar surface area (TPSA) is 86.8 Å². The normalized spacial score (nSPS) is 12.0. The molecule has 1 unspecified atom stereocenters. The number of rotatable bonds is 13. The summed E-state index contributed by atoms with van der Waals surface area (Å²) in [6, 6.07) is 28.6. The van der Waals surface area contributed by atoms with Crippen LogP contribution in [-0.2, 0) is 32.6 Å². The van der Waals surface area contributed by atoms with E-state index in [2.05, 4.69) is 5.32 Å². The molecule has 1 atom stereocenters. The second-order valence-electron chi connectivity index (χ2n) is 11.2. The van der Waals surface area contributed by atoms with Gasteiger partial charge in [-0.1, -0.05) is 121 Å². The lowest BCUT2D eigenvalue weighted by molar-refractivity contribution is -0.140. The lowest BCUT2D eigenvalue weighted by Crippen LogP contribution is -2.53. The van der Waals surface area contributed by atoms with Crippen molar-refractivity contribution in [1.29, 1.82) is 0 Å². The van der Waals surface area contributed by atoms with Crippen LogP contribution in [0.15, 0.2) is 108 Å². The largest absolute Gasteiger partial charge is 0.354 e. The van der Waals surface area contributed by atoms with Crippen LogP contribution in [0.25, 0.3) is 0 Å². The fraction of sp³-hybridized carbons (Fsp3) is 0.257. The molecule has 0 saturated heterocycles. The monoisotopic (exact) mass is 665 g/mol. The average molecular weight is 667 g/mol. The van der Waals surface area contributed by atoms with Crippen molar-refractivity contribution in [3.63, 3.8) is 0 Å². The van der Waals surface area contributed by atoms with Crippen molar-refractivity contribution in [3.8, 4) is 0 Å². The zero-order valence-corrected chi connectivity index (χ0v) is 27.8. The molecular weight excluding hydrogens is 629 g/mol. The summed E-state index contributed by atoms with van der Waals surface area (Å²) in [4.78, 5) is 29.8. The number of anilines is 1. The molecule has 236 valence electrons. The molecule has 0 aromatic heterocycles. The molecule has 7 nitrogen and oxygen atoms in total. The SMILES string of the molecule is Cc1ccc(CN(C(=O)CN(c2cccc(Cl)c2Cl)S(=O)(=O)c2ccccc2)C(Cc2ccccc2)C(=O)NCC(C)C)cc1. The summed E-state index contributed by atoms with van der Waals surface area (Å²) in [5, 5.41) is 3.12. The molecule has 0 bridgehead atoms. The van der Waals surface area contributed by atoms with Crippen LogP contribution < -0.4 is 9.62 Å². The van der Waals surface area contributed by atoms with Crippen molar-refractivity contribution in [2.75, 3.05) is 17.4 Å². The number of hydrogen-bond acceptors (Lipinski definition) is 4. The summed E-state index contributed by atoms with van der Waals surface area (Å²) < 4.78 is 29.2. The Kier molecular flexibility index (Phi) is 11.7. The van der Waals surface area contributed by atoms with E-state index < -0.39 is 28.5 Å². The Bertz CT molecular complexity index is 1700. The highest BCUT2D eigenvalue weighted by molar-refractivity contribution is 7.92. The van der Waals surface area contributed by atoms with E-state index in [1.54, 1.807) is 30.3 Å². The van der Waals surface area contributed by atoms with Crippen LogP contribution in [0.3, 0.4) is 0 Å². The first kappa shape index (κ1) is 34.0. The molecule has 0 spiro atoms. The standard InChI is InChI=1S/C35H37Cl2N3O4S/c1-25(2)22-38-35(42)32(21-27-11-6-4-7-12-27)39(23-28-19-17-26(3)18-20-28)33(41)24-40(31-16-10-15-30(36)34(31)37)45(43,44)29-13-8-5-9-14-29/h4-20,25,32H,21-24H2,1-3H3,(H,38,42). The summed E-state index contributed by atoms with van der Waals surface area (Å²) in [7, 11) is -4.28. The molecule has 0 aliphatic rings. The minimum atomic E-state index is -4.28. The van der Waals surface area contributed by atoms with E-state index in [0.717, 1.165) is 21.0 Å². The summed E-state index contributed by atoms with van der Waals surface area (Å²) in [5.74, 6) is -0.720. The van der Waals surface area contributed by atoms with Crippen molar-refractivity contribution in [2.45, 2.75) is 44.7 Å². The second-order valence-corrected chi connectivity index (χ2v) is 13.9. The van der Waals surface area contributed by atoms with Crippen LogP contribution in [0.1, 0.15) is 30.5 Å². The van der Waals surface area contributed by atoms with E-state index in [4.69, 9.17) is 23.2 Å². The van der Waals surface area contributed by atoms with E-state index in [0.29, 0.717) is 6.54 Å². The Morgan fingerprint density at radius 1 is 0.800 bits per heavy atom. The highest BCUT2D eigenvalue weighted by atomic mass is 35.5. The van der Waals surface area contributed by atoms with Crippen molar-refractivity contribution in [3.05, 3.63) is 130 Å². The number of sulfonamides is 1. The maximum atomic E-state index is 14.5. The van der Waals surface area contributed by atoms with Crippen molar-refractivity contribution in [2.24, 2.45) is 5.92 Å². The lowest BCUT2D eigenvalue weighted by Gasteiger charge is -2.34. The first-order valence-electron chi connectivity index (χ1n) is 14.7. The van der Waals surface area contributed by atoms with Gasteiger partial charge in [-0.15, -0.1) is 0 Å². The average Bonchev–Trinajstić information content (AvgIpc) is 3.03. The predicted molar refractivity (Wildman–Crippen MR) is 181 cm³/mol. The molecule has 0 heterocycles. The molecule has 0 aliphatic carbocycles. The molecule has 0 fully saturated rings. The number of nitrogens with zero attached hydrogens (tertiary/aromatic N) is 2. The van der Waals surface area contributed by atoms with Gasteiger partial charge in [0.15, 0.2) is 0 Å². The maximum Gasteiger partial charge on any atom is 0.264 e. The van der Waals surface area contributed by atoms with Crippen LogP contribution in [-0.4, -0.2) is 44.3 Å².